The Morgan fingerprint density at radius 2 is 2.40 bits per heavy atom. The molecule has 2 heteroatoms. The molecular formula is C8H11NO. The van der Waals surface area contributed by atoms with Gasteiger partial charge in [-0.25, -0.2) is 0 Å². The first-order chi connectivity index (χ1) is 4.93. The van der Waals surface area contributed by atoms with Crippen molar-refractivity contribution in [3.63, 3.8) is 0 Å². The molecule has 1 aromatic heterocycles. The van der Waals surface area contributed by atoms with Crippen LogP contribution in [0.15, 0.2) is 24.4 Å². The maximum atomic E-state index is 4.91. The van der Waals surface area contributed by atoms with Crippen molar-refractivity contribution < 1.29 is 4.74 Å². The Balaban J connectivity index is 2.43. The summed E-state index contributed by atoms with van der Waals surface area (Å²) in [7, 11) is 1.70. The van der Waals surface area contributed by atoms with Gasteiger partial charge in [0.15, 0.2) is 0 Å². The second-order valence-electron chi connectivity index (χ2n) is 2.06. The molecule has 1 aromatic rings. The van der Waals surface area contributed by atoms with Crippen molar-refractivity contribution in [3.8, 4) is 0 Å². The Labute approximate surface area is 60.9 Å². The van der Waals surface area contributed by atoms with E-state index in [0.29, 0.717) is 0 Å². The number of aromatic nitrogens is 1. The molecule has 0 saturated carbocycles. The van der Waals surface area contributed by atoms with Crippen LogP contribution in [-0.2, 0) is 11.2 Å². The molecule has 0 aliphatic carbocycles. The van der Waals surface area contributed by atoms with E-state index in [1.807, 2.05) is 18.2 Å². The summed E-state index contributed by atoms with van der Waals surface area (Å²) in [6.07, 6.45) is 2.70. The lowest BCUT2D eigenvalue weighted by Crippen LogP contribution is -1.95. The molecule has 1 rings (SSSR count). The van der Waals surface area contributed by atoms with E-state index in [0.717, 1.165) is 18.7 Å². The van der Waals surface area contributed by atoms with E-state index >= 15 is 0 Å². The maximum absolute atomic E-state index is 4.91. The molecule has 10 heavy (non-hydrogen) atoms. The van der Waals surface area contributed by atoms with Gasteiger partial charge in [0.25, 0.3) is 0 Å². The lowest BCUT2D eigenvalue weighted by Gasteiger charge is -1.96. The summed E-state index contributed by atoms with van der Waals surface area (Å²) in [5.74, 6) is 0. The normalized spacial score (nSPS) is 9.70. The molecule has 2 nitrogen and oxygen atoms in total. The van der Waals surface area contributed by atoms with Crippen LogP contribution in [0.25, 0.3) is 0 Å². The minimum atomic E-state index is 0.747. The van der Waals surface area contributed by atoms with Gasteiger partial charge in [0.05, 0.1) is 6.61 Å². The summed E-state index contributed by atoms with van der Waals surface area (Å²) in [6.45, 7) is 0.747. The van der Waals surface area contributed by atoms with Crippen LogP contribution in [0.3, 0.4) is 0 Å². The van der Waals surface area contributed by atoms with Crippen LogP contribution in [0.1, 0.15) is 5.69 Å². The van der Waals surface area contributed by atoms with E-state index in [1.54, 1.807) is 13.3 Å². The molecule has 54 valence electrons. The number of ether oxygens (including phenoxy) is 1. The van der Waals surface area contributed by atoms with Crippen molar-refractivity contribution in [1.29, 1.82) is 0 Å². The van der Waals surface area contributed by atoms with Gasteiger partial charge in [0, 0.05) is 25.4 Å². The zero-order valence-electron chi connectivity index (χ0n) is 6.08. The predicted molar refractivity (Wildman–Crippen MR) is 39.8 cm³/mol. The maximum Gasteiger partial charge on any atom is 0.0517 e. The molecule has 0 aliphatic heterocycles. The van der Waals surface area contributed by atoms with Gasteiger partial charge in [0.1, 0.15) is 0 Å². The topological polar surface area (TPSA) is 22.1 Å². The molecule has 0 amide bonds. The zero-order valence-corrected chi connectivity index (χ0v) is 6.08. The quantitative estimate of drug-likeness (QED) is 0.626. The highest BCUT2D eigenvalue weighted by Gasteiger charge is 1.89. The first kappa shape index (κ1) is 7.22. The average molecular weight is 137 g/mol. The fourth-order valence-electron chi connectivity index (χ4n) is 0.753. The van der Waals surface area contributed by atoms with Crippen LogP contribution in [0, 0.1) is 0 Å². The molecule has 0 aliphatic rings. The van der Waals surface area contributed by atoms with E-state index in [2.05, 4.69) is 4.98 Å². The average Bonchev–Trinajstić information content (AvgIpc) is 2.03. The number of nitrogens with zero attached hydrogens (tertiary/aromatic N) is 1. The smallest absolute Gasteiger partial charge is 0.0517 e. The van der Waals surface area contributed by atoms with Crippen molar-refractivity contribution in [2.75, 3.05) is 13.7 Å². The van der Waals surface area contributed by atoms with Gasteiger partial charge in [-0.3, -0.25) is 4.98 Å². The first-order valence-corrected chi connectivity index (χ1v) is 3.32. The van der Waals surface area contributed by atoms with E-state index in [4.69, 9.17) is 4.74 Å². The Hall–Kier alpha value is -0.890. The Morgan fingerprint density at radius 1 is 1.50 bits per heavy atom. The van der Waals surface area contributed by atoms with Crippen LogP contribution < -0.4 is 0 Å². The minimum Gasteiger partial charge on any atom is -0.384 e. The highest BCUT2D eigenvalue weighted by molar-refractivity contribution is 5.03. The molecule has 0 N–H and O–H groups in total. The van der Waals surface area contributed by atoms with Crippen molar-refractivity contribution in [2.45, 2.75) is 6.42 Å². The van der Waals surface area contributed by atoms with Crippen molar-refractivity contribution in [2.24, 2.45) is 0 Å². The number of rotatable bonds is 3. The van der Waals surface area contributed by atoms with Gasteiger partial charge in [-0.1, -0.05) is 6.07 Å². The molecule has 0 atom stereocenters. The second kappa shape index (κ2) is 4.01. The largest absolute Gasteiger partial charge is 0.384 e. The number of hydrogen-bond donors (Lipinski definition) is 0. The van der Waals surface area contributed by atoms with Crippen LogP contribution in [0.4, 0.5) is 0 Å². The summed E-state index contributed by atoms with van der Waals surface area (Å²) >= 11 is 0. The van der Waals surface area contributed by atoms with Gasteiger partial charge in [-0.2, -0.15) is 0 Å². The van der Waals surface area contributed by atoms with Crippen LogP contribution in [0.5, 0.6) is 0 Å². The lowest BCUT2D eigenvalue weighted by atomic mass is 10.3. The van der Waals surface area contributed by atoms with Gasteiger partial charge in [0.2, 0.25) is 0 Å². The summed E-state index contributed by atoms with van der Waals surface area (Å²) in [5, 5.41) is 0. The monoisotopic (exact) mass is 137 g/mol. The van der Waals surface area contributed by atoms with Crippen molar-refractivity contribution in [3.05, 3.63) is 30.1 Å². The molecule has 1 heterocycles. The predicted octanol–water partition coefficient (Wildman–Crippen LogP) is 1.27. The first-order valence-electron chi connectivity index (χ1n) is 3.32. The molecule has 0 bridgehead atoms. The standard InChI is InChI=1S/C8H11NO/c1-10-7-5-8-4-2-3-6-9-8/h2-4,6H,5,7H2,1H3. The molecule has 0 aromatic carbocycles. The van der Waals surface area contributed by atoms with Crippen LogP contribution in [-0.4, -0.2) is 18.7 Å². The lowest BCUT2D eigenvalue weighted by molar-refractivity contribution is 0.201. The molecule has 0 saturated heterocycles. The summed E-state index contributed by atoms with van der Waals surface area (Å²) in [6, 6.07) is 5.90. The SMILES string of the molecule is COCCc1ccccn1. The highest BCUT2D eigenvalue weighted by atomic mass is 16.5. The van der Waals surface area contributed by atoms with Gasteiger partial charge in [-0.05, 0) is 12.1 Å². The molecule has 0 fully saturated rings. The molecule has 0 unspecified atom stereocenters. The number of hydrogen-bond acceptors (Lipinski definition) is 2. The Kier molecular flexibility index (Phi) is 2.90. The molecule has 0 spiro atoms. The van der Waals surface area contributed by atoms with Crippen LogP contribution >= 0.6 is 0 Å². The van der Waals surface area contributed by atoms with Crippen LogP contribution in [0.2, 0.25) is 0 Å². The van der Waals surface area contributed by atoms with Gasteiger partial charge >= 0.3 is 0 Å². The minimum absolute atomic E-state index is 0.747. The fraction of sp³-hybridized carbons (Fsp3) is 0.375. The summed E-state index contributed by atoms with van der Waals surface area (Å²) < 4.78 is 4.91. The molecular weight excluding hydrogens is 126 g/mol. The fourth-order valence-corrected chi connectivity index (χ4v) is 0.753. The number of methoxy groups -OCH3 is 1. The van der Waals surface area contributed by atoms with Gasteiger partial charge in [-0.15, -0.1) is 0 Å². The third-order valence-electron chi connectivity index (χ3n) is 1.29. The van der Waals surface area contributed by atoms with E-state index < -0.39 is 0 Å². The van der Waals surface area contributed by atoms with Gasteiger partial charge < -0.3 is 4.74 Å². The summed E-state index contributed by atoms with van der Waals surface area (Å²) in [5.41, 5.74) is 1.09. The van der Waals surface area contributed by atoms with Crippen molar-refractivity contribution in [1.82, 2.24) is 4.98 Å². The summed E-state index contributed by atoms with van der Waals surface area (Å²) in [4.78, 5) is 4.14. The highest BCUT2D eigenvalue weighted by Crippen LogP contribution is 1.93. The van der Waals surface area contributed by atoms with Crippen molar-refractivity contribution >= 4 is 0 Å². The zero-order chi connectivity index (χ0) is 7.23. The van der Waals surface area contributed by atoms with E-state index in [-0.39, 0.29) is 0 Å². The third-order valence-corrected chi connectivity index (χ3v) is 1.29. The Bertz CT molecular complexity index is 174. The number of pyridine rings is 1. The Morgan fingerprint density at radius 3 is 3.00 bits per heavy atom. The second-order valence-corrected chi connectivity index (χ2v) is 2.06. The molecule has 0 radical (unpaired) electrons. The van der Waals surface area contributed by atoms with E-state index in [1.165, 1.54) is 0 Å². The van der Waals surface area contributed by atoms with E-state index in [9.17, 15) is 0 Å². The third kappa shape index (κ3) is 2.15.